The van der Waals surface area contributed by atoms with Crippen molar-refractivity contribution >= 4 is 17.4 Å². The van der Waals surface area contributed by atoms with Gasteiger partial charge in [0.2, 0.25) is 0 Å². The molecular weight excluding hydrogens is 354 g/mol. The lowest BCUT2D eigenvalue weighted by atomic mass is 9.91. The molecule has 0 aliphatic carbocycles. The van der Waals surface area contributed by atoms with Gasteiger partial charge >= 0.3 is 0 Å². The number of hydrogen-bond donors (Lipinski definition) is 1. The van der Waals surface area contributed by atoms with Gasteiger partial charge in [-0.1, -0.05) is 32.0 Å². The van der Waals surface area contributed by atoms with Crippen molar-refractivity contribution < 1.29 is 19.4 Å². The highest BCUT2D eigenvalue weighted by molar-refractivity contribution is 6.16. The Hall–Kier alpha value is -3.08. The SMILES string of the molecule is COc1cccc(C2C(C(=O)C(C)C)=C(O)C(=O)N2c2cc(C)cc(C)c2)c1. The van der Waals surface area contributed by atoms with Crippen LogP contribution in [-0.4, -0.2) is 23.9 Å². The average Bonchev–Trinajstić information content (AvgIpc) is 2.91. The molecule has 0 radical (unpaired) electrons. The van der Waals surface area contributed by atoms with Gasteiger partial charge in [-0.15, -0.1) is 0 Å². The van der Waals surface area contributed by atoms with E-state index in [1.54, 1.807) is 33.1 Å². The first-order chi connectivity index (χ1) is 13.2. The fourth-order valence-electron chi connectivity index (χ4n) is 3.65. The van der Waals surface area contributed by atoms with Crippen LogP contribution in [0, 0.1) is 19.8 Å². The molecule has 5 heteroatoms. The van der Waals surface area contributed by atoms with E-state index in [0.717, 1.165) is 11.1 Å². The van der Waals surface area contributed by atoms with Crippen LogP contribution in [0.5, 0.6) is 5.75 Å². The van der Waals surface area contributed by atoms with Gasteiger partial charge in [0.1, 0.15) is 5.75 Å². The number of nitrogens with zero attached hydrogens (tertiary/aromatic N) is 1. The van der Waals surface area contributed by atoms with Crippen LogP contribution in [-0.2, 0) is 9.59 Å². The molecule has 28 heavy (non-hydrogen) atoms. The zero-order valence-corrected chi connectivity index (χ0v) is 16.8. The number of benzene rings is 2. The second-order valence-corrected chi connectivity index (χ2v) is 7.48. The average molecular weight is 379 g/mol. The van der Waals surface area contributed by atoms with E-state index in [2.05, 4.69) is 0 Å². The Kier molecular flexibility index (Phi) is 5.27. The molecule has 2 aromatic rings. The summed E-state index contributed by atoms with van der Waals surface area (Å²) in [4.78, 5) is 27.5. The van der Waals surface area contributed by atoms with Crippen molar-refractivity contribution in [3.05, 3.63) is 70.5 Å². The third-order valence-corrected chi connectivity index (χ3v) is 4.89. The molecule has 1 aliphatic heterocycles. The van der Waals surface area contributed by atoms with Gasteiger partial charge in [0.15, 0.2) is 11.5 Å². The molecule has 1 aliphatic rings. The monoisotopic (exact) mass is 379 g/mol. The summed E-state index contributed by atoms with van der Waals surface area (Å²) in [5.74, 6) is -1.02. The number of methoxy groups -OCH3 is 1. The minimum absolute atomic E-state index is 0.132. The number of hydrogen-bond acceptors (Lipinski definition) is 4. The lowest BCUT2D eigenvalue weighted by molar-refractivity contribution is -0.119. The molecule has 1 unspecified atom stereocenters. The number of carbonyl (C=O) groups is 2. The van der Waals surface area contributed by atoms with Gasteiger partial charge in [-0.3, -0.25) is 14.5 Å². The fraction of sp³-hybridized carbons (Fsp3) is 0.304. The highest BCUT2D eigenvalue weighted by Crippen LogP contribution is 2.42. The van der Waals surface area contributed by atoms with Crippen LogP contribution < -0.4 is 9.64 Å². The summed E-state index contributed by atoms with van der Waals surface area (Å²) in [6.07, 6.45) is 0. The molecule has 3 rings (SSSR count). The molecule has 0 bridgehead atoms. The maximum atomic E-state index is 13.0. The zero-order chi connectivity index (χ0) is 20.6. The minimum atomic E-state index is -0.710. The number of aliphatic hydroxyl groups excluding tert-OH is 1. The second-order valence-electron chi connectivity index (χ2n) is 7.48. The molecular formula is C23H25NO4. The predicted octanol–water partition coefficient (Wildman–Crippen LogP) is 4.44. The van der Waals surface area contributed by atoms with Gasteiger partial charge in [-0.05, 0) is 54.8 Å². The van der Waals surface area contributed by atoms with Crippen LogP contribution in [0.15, 0.2) is 53.8 Å². The summed E-state index contributed by atoms with van der Waals surface area (Å²) in [7, 11) is 1.56. The maximum Gasteiger partial charge on any atom is 0.294 e. The molecule has 0 saturated heterocycles. The van der Waals surface area contributed by atoms with Crippen LogP contribution in [0.1, 0.15) is 36.6 Å². The van der Waals surface area contributed by atoms with E-state index in [4.69, 9.17) is 4.74 Å². The number of rotatable bonds is 5. The molecule has 0 fully saturated rings. The number of amides is 1. The maximum absolute atomic E-state index is 13.0. The van der Waals surface area contributed by atoms with Crippen LogP contribution in [0.3, 0.4) is 0 Å². The highest BCUT2D eigenvalue weighted by atomic mass is 16.5. The lowest BCUT2D eigenvalue weighted by Crippen LogP contribution is -2.31. The Bertz CT molecular complexity index is 954. The fourth-order valence-corrected chi connectivity index (χ4v) is 3.65. The minimum Gasteiger partial charge on any atom is -0.503 e. The quantitative estimate of drug-likeness (QED) is 0.834. The van der Waals surface area contributed by atoms with Crippen LogP contribution in [0.2, 0.25) is 0 Å². The van der Waals surface area contributed by atoms with Gasteiger partial charge in [-0.25, -0.2) is 0 Å². The van der Waals surface area contributed by atoms with E-state index in [0.29, 0.717) is 17.0 Å². The molecule has 1 amide bonds. The Balaban J connectivity index is 2.23. The number of aliphatic hydroxyl groups is 1. The molecule has 0 spiro atoms. The third-order valence-electron chi connectivity index (χ3n) is 4.89. The topological polar surface area (TPSA) is 66.8 Å². The van der Waals surface area contributed by atoms with Crippen molar-refractivity contribution in [3.63, 3.8) is 0 Å². The Morgan fingerprint density at radius 2 is 1.75 bits per heavy atom. The van der Waals surface area contributed by atoms with Crippen molar-refractivity contribution in [2.75, 3.05) is 12.0 Å². The predicted molar refractivity (Wildman–Crippen MR) is 109 cm³/mol. The first-order valence-electron chi connectivity index (χ1n) is 9.27. The van der Waals surface area contributed by atoms with Gasteiger partial charge in [0, 0.05) is 11.6 Å². The highest BCUT2D eigenvalue weighted by Gasteiger charge is 2.44. The molecule has 0 aromatic heterocycles. The van der Waals surface area contributed by atoms with Gasteiger partial charge in [-0.2, -0.15) is 0 Å². The van der Waals surface area contributed by atoms with Gasteiger partial charge in [0.25, 0.3) is 5.91 Å². The van der Waals surface area contributed by atoms with Crippen molar-refractivity contribution in [2.24, 2.45) is 5.92 Å². The van der Waals surface area contributed by atoms with Crippen LogP contribution >= 0.6 is 0 Å². The van der Waals surface area contributed by atoms with Gasteiger partial charge in [0.05, 0.1) is 18.7 Å². The number of aryl methyl sites for hydroxylation is 2. The Morgan fingerprint density at radius 1 is 1.11 bits per heavy atom. The van der Waals surface area contributed by atoms with E-state index in [-0.39, 0.29) is 17.3 Å². The van der Waals surface area contributed by atoms with E-state index >= 15 is 0 Å². The first-order valence-corrected chi connectivity index (χ1v) is 9.27. The smallest absolute Gasteiger partial charge is 0.294 e. The summed E-state index contributed by atoms with van der Waals surface area (Å²) < 4.78 is 5.32. The molecule has 2 aromatic carbocycles. The van der Waals surface area contributed by atoms with Crippen LogP contribution in [0.4, 0.5) is 5.69 Å². The molecule has 146 valence electrons. The van der Waals surface area contributed by atoms with E-state index in [1.165, 1.54) is 4.90 Å². The molecule has 1 N–H and O–H groups in total. The summed E-state index contributed by atoms with van der Waals surface area (Å²) >= 11 is 0. The normalized spacial score (nSPS) is 16.9. The Labute approximate surface area is 165 Å². The Morgan fingerprint density at radius 3 is 2.32 bits per heavy atom. The molecule has 0 saturated carbocycles. The van der Waals surface area contributed by atoms with Crippen LogP contribution in [0.25, 0.3) is 0 Å². The van der Waals surface area contributed by atoms with E-state index < -0.39 is 17.7 Å². The number of anilines is 1. The zero-order valence-electron chi connectivity index (χ0n) is 16.8. The molecule has 5 nitrogen and oxygen atoms in total. The number of carbonyl (C=O) groups excluding carboxylic acids is 2. The van der Waals surface area contributed by atoms with Gasteiger partial charge < -0.3 is 9.84 Å². The summed E-state index contributed by atoms with van der Waals surface area (Å²) in [6, 6.07) is 12.3. The molecule has 1 heterocycles. The number of ether oxygens (including phenoxy) is 1. The summed E-state index contributed by atoms with van der Waals surface area (Å²) in [5, 5.41) is 10.6. The number of ketones is 1. The van der Waals surface area contributed by atoms with Crippen molar-refractivity contribution in [3.8, 4) is 5.75 Å². The number of Topliss-reactive ketones (excluding diaryl/α,β-unsaturated/α-hetero) is 1. The van der Waals surface area contributed by atoms with Crippen molar-refractivity contribution in [2.45, 2.75) is 33.7 Å². The first kappa shape index (κ1) is 19.7. The summed E-state index contributed by atoms with van der Waals surface area (Å²) in [6.45, 7) is 7.42. The lowest BCUT2D eigenvalue weighted by Gasteiger charge is -2.28. The largest absolute Gasteiger partial charge is 0.503 e. The third kappa shape index (κ3) is 3.40. The molecule has 1 atom stereocenters. The van der Waals surface area contributed by atoms with E-state index in [1.807, 2.05) is 44.2 Å². The van der Waals surface area contributed by atoms with E-state index in [9.17, 15) is 14.7 Å². The second kappa shape index (κ2) is 7.50. The van der Waals surface area contributed by atoms with Crippen molar-refractivity contribution in [1.82, 2.24) is 0 Å². The standard InChI is InChI=1S/C23H25NO4/c1-13(2)21(25)19-20(16-7-6-8-18(12-16)28-5)24(23(27)22(19)26)17-10-14(3)9-15(4)11-17/h6-13,20,26H,1-5H3. The summed E-state index contributed by atoms with van der Waals surface area (Å²) in [5.41, 5.74) is 3.48. The van der Waals surface area contributed by atoms with Crippen molar-refractivity contribution in [1.29, 1.82) is 0 Å².